The molecule has 20 heavy (non-hydrogen) atoms. The van der Waals surface area contributed by atoms with Gasteiger partial charge in [-0.1, -0.05) is 43.3 Å². The Morgan fingerprint density at radius 2 is 1.55 bits per heavy atom. The molecule has 0 spiro atoms. The van der Waals surface area contributed by atoms with E-state index in [-0.39, 0.29) is 18.6 Å². The monoisotopic (exact) mass is 276 g/mol. The minimum absolute atomic E-state index is 0.0345. The van der Waals surface area contributed by atoms with Gasteiger partial charge in [0.25, 0.3) is 0 Å². The SMILES string of the molecule is CCC(CO)(Cc1c(F)cccc1F)c1ccccc1. The molecule has 0 saturated heterocycles. The third-order valence-electron chi connectivity index (χ3n) is 3.94. The number of hydrogen-bond acceptors (Lipinski definition) is 1. The van der Waals surface area contributed by atoms with Crippen molar-refractivity contribution >= 4 is 0 Å². The highest BCUT2D eigenvalue weighted by molar-refractivity contribution is 5.31. The van der Waals surface area contributed by atoms with Crippen molar-refractivity contribution in [1.29, 1.82) is 0 Å². The van der Waals surface area contributed by atoms with Gasteiger partial charge >= 0.3 is 0 Å². The van der Waals surface area contributed by atoms with Crippen molar-refractivity contribution in [3.8, 4) is 0 Å². The van der Waals surface area contributed by atoms with Crippen molar-refractivity contribution in [3.05, 3.63) is 71.3 Å². The molecule has 0 aromatic heterocycles. The molecule has 1 nitrogen and oxygen atoms in total. The zero-order valence-corrected chi connectivity index (χ0v) is 11.4. The summed E-state index contributed by atoms with van der Waals surface area (Å²) in [5.74, 6) is -1.13. The van der Waals surface area contributed by atoms with Crippen LogP contribution in [0.5, 0.6) is 0 Å². The van der Waals surface area contributed by atoms with Crippen LogP contribution in [0.25, 0.3) is 0 Å². The van der Waals surface area contributed by atoms with Crippen LogP contribution in [0.2, 0.25) is 0 Å². The summed E-state index contributed by atoms with van der Waals surface area (Å²) in [4.78, 5) is 0. The molecule has 1 atom stereocenters. The molecule has 0 bridgehead atoms. The second-order valence-corrected chi connectivity index (χ2v) is 5.04. The summed E-state index contributed by atoms with van der Waals surface area (Å²) in [5.41, 5.74) is 0.268. The first-order chi connectivity index (χ1) is 9.63. The summed E-state index contributed by atoms with van der Waals surface area (Å²) in [6.45, 7) is 1.77. The molecule has 0 aliphatic heterocycles. The van der Waals surface area contributed by atoms with Crippen LogP contribution in [-0.2, 0) is 11.8 Å². The summed E-state index contributed by atoms with van der Waals surface area (Å²) < 4.78 is 27.7. The van der Waals surface area contributed by atoms with Gasteiger partial charge in [-0.05, 0) is 30.5 Å². The molecular weight excluding hydrogens is 258 g/mol. The van der Waals surface area contributed by atoms with Crippen LogP contribution in [0.3, 0.4) is 0 Å². The van der Waals surface area contributed by atoms with Gasteiger partial charge in [0.1, 0.15) is 11.6 Å². The Hall–Kier alpha value is -1.74. The normalized spacial score (nSPS) is 14.0. The number of rotatable bonds is 5. The highest BCUT2D eigenvalue weighted by Gasteiger charge is 2.32. The molecule has 0 amide bonds. The second kappa shape index (κ2) is 6.14. The van der Waals surface area contributed by atoms with Crippen LogP contribution in [0.15, 0.2) is 48.5 Å². The maximum atomic E-state index is 13.8. The van der Waals surface area contributed by atoms with E-state index in [4.69, 9.17) is 0 Å². The highest BCUT2D eigenvalue weighted by Crippen LogP contribution is 2.33. The van der Waals surface area contributed by atoms with Crippen LogP contribution < -0.4 is 0 Å². The molecule has 0 aliphatic rings. The second-order valence-electron chi connectivity index (χ2n) is 5.04. The number of hydrogen-bond donors (Lipinski definition) is 1. The average Bonchev–Trinajstić information content (AvgIpc) is 2.49. The first-order valence-electron chi connectivity index (χ1n) is 6.72. The molecule has 1 N–H and O–H groups in total. The van der Waals surface area contributed by atoms with Crippen molar-refractivity contribution in [2.24, 2.45) is 0 Å². The summed E-state index contributed by atoms with van der Waals surface area (Å²) in [5, 5.41) is 9.83. The first kappa shape index (κ1) is 14.7. The topological polar surface area (TPSA) is 20.2 Å². The molecule has 2 aromatic carbocycles. The summed E-state index contributed by atoms with van der Waals surface area (Å²) in [6, 6.07) is 13.2. The largest absolute Gasteiger partial charge is 0.395 e. The van der Waals surface area contributed by atoms with Crippen molar-refractivity contribution in [1.82, 2.24) is 0 Å². The lowest BCUT2D eigenvalue weighted by Crippen LogP contribution is -2.33. The Balaban J connectivity index is 2.45. The average molecular weight is 276 g/mol. The smallest absolute Gasteiger partial charge is 0.129 e. The molecule has 0 aliphatic carbocycles. The van der Waals surface area contributed by atoms with Gasteiger partial charge in [-0.2, -0.15) is 0 Å². The Morgan fingerprint density at radius 1 is 0.950 bits per heavy atom. The quantitative estimate of drug-likeness (QED) is 0.879. The summed E-state index contributed by atoms with van der Waals surface area (Å²) >= 11 is 0. The van der Waals surface area contributed by atoms with E-state index in [1.807, 2.05) is 37.3 Å². The Bertz CT molecular complexity index is 542. The predicted octanol–water partition coefficient (Wildman–Crippen LogP) is 3.85. The fourth-order valence-corrected chi connectivity index (χ4v) is 2.52. The van der Waals surface area contributed by atoms with Gasteiger partial charge < -0.3 is 5.11 Å². The molecule has 2 rings (SSSR count). The highest BCUT2D eigenvalue weighted by atomic mass is 19.1. The van der Waals surface area contributed by atoms with Gasteiger partial charge in [-0.15, -0.1) is 0 Å². The molecule has 0 radical (unpaired) electrons. The minimum atomic E-state index is -0.662. The van der Waals surface area contributed by atoms with E-state index in [1.54, 1.807) is 0 Å². The fourth-order valence-electron chi connectivity index (χ4n) is 2.52. The zero-order chi connectivity index (χ0) is 14.6. The van der Waals surface area contributed by atoms with Gasteiger partial charge in [-0.25, -0.2) is 8.78 Å². The van der Waals surface area contributed by atoms with Gasteiger partial charge in [-0.3, -0.25) is 0 Å². The van der Waals surface area contributed by atoms with Gasteiger partial charge in [0, 0.05) is 11.0 Å². The van der Waals surface area contributed by atoms with E-state index in [2.05, 4.69) is 0 Å². The number of aliphatic hydroxyl groups is 1. The molecule has 1 unspecified atom stereocenters. The van der Waals surface area contributed by atoms with Crippen molar-refractivity contribution < 1.29 is 13.9 Å². The molecule has 2 aromatic rings. The molecule has 0 heterocycles. The Kier molecular flexibility index (Phi) is 4.50. The van der Waals surface area contributed by atoms with Gasteiger partial charge in [0.15, 0.2) is 0 Å². The van der Waals surface area contributed by atoms with Crippen LogP contribution in [0, 0.1) is 11.6 Å². The summed E-state index contributed by atoms with van der Waals surface area (Å²) in [7, 11) is 0. The number of halogens is 2. The van der Waals surface area contributed by atoms with E-state index in [9.17, 15) is 13.9 Å². The molecule has 0 saturated carbocycles. The van der Waals surface area contributed by atoms with Crippen LogP contribution in [0.4, 0.5) is 8.78 Å². The zero-order valence-electron chi connectivity index (χ0n) is 11.4. The first-order valence-corrected chi connectivity index (χ1v) is 6.72. The summed E-state index contributed by atoms with van der Waals surface area (Å²) in [6.07, 6.45) is 0.740. The van der Waals surface area contributed by atoms with Crippen LogP contribution in [0.1, 0.15) is 24.5 Å². The van der Waals surface area contributed by atoms with E-state index in [0.717, 1.165) is 5.56 Å². The lowest BCUT2D eigenvalue weighted by atomic mass is 9.74. The molecule has 106 valence electrons. The van der Waals surface area contributed by atoms with Crippen molar-refractivity contribution in [3.63, 3.8) is 0 Å². The minimum Gasteiger partial charge on any atom is -0.395 e. The third-order valence-corrected chi connectivity index (χ3v) is 3.94. The standard InChI is InChI=1S/C17H18F2O/c1-2-17(12-20,13-7-4-3-5-8-13)11-14-15(18)9-6-10-16(14)19/h3-10,20H,2,11-12H2,1H3. The third kappa shape index (κ3) is 2.73. The number of aliphatic hydroxyl groups excluding tert-OH is 1. The van der Waals surface area contributed by atoms with E-state index < -0.39 is 17.0 Å². The molecule has 3 heteroatoms. The maximum Gasteiger partial charge on any atom is 0.129 e. The molecular formula is C17H18F2O. The van der Waals surface area contributed by atoms with Crippen LogP contribution in [-0.4, -0.2) is 11.7 Å². The predicted molar refractivity (Wildman–Crippen MR) is 75.6 cm³/mol. The Morgan fingerprint density at radius 3 is 2.05 bits per heavy atom. The van der Waals surface area contributed by atoms with Crippen molar-refractivity contribution in [2.45, 2.75) is 25.2 Å². The van der Waals surface area contributed by atoms with E-state index >= 15 is 0 Å². The van der Waals surface area contributed by atoms with E-state index in [0.29, 0.717) is 6.42 Å². The van der Waals surface area contributed by atoms with Crippen LogP contribution >= 0.6 is 0 Å². The van der Waals surface area contributed by atoms with E-state index in [1.165, 1.54) is 18.2 Å². The lowest BCUT2D eigenvalue weighted by Gasteiger charge is -2.32. The lowest BCUT2D eigenvalue weighted by molar-refractivity contribution is 0.184. The number of benzene rings is 2. The van der Waals surface area contributed by atoms with Crippen molar-refractivity contribution in [2.75, 3.05) is 6.61 Å². The van der Waals surface area contributed by atoms with Gasteiger partial charge in [0.2, 0.25) is 0 Å². The molecule has 0 fully saturated rings. The van der Waals surface area contributed by atoms with Gasteiger partial charge in [0.05, 0.1) is 6.61 Å². The Labute approximate surface area is 117 Å². The fraction of sp³-hybridized carbons (Fsp3) is 0.294. The maximum absolute atomic E-state index is 13.8.